The minimum Gasteiger partial charge on any atom is -0.376 e. The molecule has 0 bridgehead atoms. The van der Waals surface area contributed by atoms with Gasteiger partial charge >= 0.3 is 0 Å². The van der Waals surface area contributed by atoms with Crippen LogP contribution in [0.4, 0.5) is 5.69 Å². The van der Waals surface area contributed by atoms with E-state index >= 15 is 0 Å². The van der Waals surface area contributed by atoms with Gasteiger partial charge in [0.2, 0.25) is 0 Å². The van der Waals surface area contributed by atoms with Crippen LogP contribution in [-0.4, -0.2) is 32.2 Å². The van der Waals surface area contributed by atoms with Crippen LogP contribution in [0.1, 0.15) is 0 Å². The molecule has 4 nitrogen and oxygen atoms in total. The second-order valence-corrected chi connectivity index (χ2v) is 4.66. The first-order valence-corrected chi connectivity index (χ1v) is 6.16. The van der Waals surface area contributed by atoms with Gasteiger partial charge in [-0.05, 0) is 30.4 Å². The quantitative estimate of drug-likeness (QED) is 0.665. The molecule has 0 fully saturated rings. The summed E-state index contributed by atoms with van der Waals surface area (Å²) in [5, 5.41) is 0.280. The molecule has 6 heteroatoms. The Balaban J connectivity index is 2.89. The fourth-order valence-electron chi connectivity index (χ4n) is 1.36. The molecule has 0 aliphatic carbocycles. The SMILES string of the molecule is COC(CN(C(N)=S)c1cccc(Br)c1)OC. The zero-order valence-corrected chi connectivity index (χ0v) is 12.1. The molecule has 1 rings (SSSR count). The Morgan fingerprint density at radius 1 is 1.47 bits per heavy atom. The average molecular weight is 319 g/mol. The van der Waals surface area contributed by atoms with Crippen LogP contribution in [-0.2, 0) is 9.47 Å². The van der Waals surface area contributed by atoms with Crippen LogP contribution in [0.3, 0.4) is 0 Å². The molecule has 0 saturated heterocycles. The third kappa shape index (κ3) is 4.23. The minimum absolute atomic E-state index is 0.280. The molecular formula is C11H15BrN2O2S. The van der Waals surface area contributed by atoms with Gasteiger partial charge in [0.1, 0.15) is 0 Å². The number of nitrogens with zero attached hydrogens (tertiary/aromatic N) is 1. The van der Waals surface area contributed by atoms with Gasteiger partial charge in [0.25, 0.3) is 0 Å². The van der Waals surface area contributed by atoms with Crippen molar-refractivity contribution in [3.63, 3.8) is 0 Å². The first-order chi connectivity index (χ1) is 8.08. The van der Waals surface area contributed by atoms with Gasteiger partial charge in [-0.1, -0.05) is 22.0 Å². The van der Waals surface area contributed by atoms with Gasteiger partial charge in [0, 0.05) is 24.4 Å². The van der Waals surface area contributed by atoms with Crippen molar-refractivity contribution in [3.8, 4) is 0 Å². The largest absolute Gasteiger partial charge is 0.376 e. The standard InChI is InChI=1S/C11H15BrN2O2S/c1-15-10(16-2)7-14(11(13)17)9-5-3-4-8(12)6-9/h3-6,10H,7H2,1-2H3,(H2,13,17). The van der Waals surface area contributed by atoms with Crippen LogP contribution in [0.15, 0.2) is 28.7 Å². The molecule has 1 aromatic carbocycles. The lowest BCUT2D eigenvalue weighted by Gasteiger charge is -2.26. The maximum atomic E-state index is 5.71. The molecule has 94 valence electrons. The second kappa shape index (κ2) is 6.90. The Labute approximate surface area is 115 Å². The van der Waals surface area contributed by atoms with Crippen molar-refractivity contribution in [2.45, 2.75) is 6.29 Å². The first-order valence-electron chi connectivity index (χ1n) is 4.96. The second-order valence-electron chi connectivity index (χ2n) is 3.33. The number of hydrogen-bond donors (Lipinski definition) is 1. The Bertz CT molecular complexity index is 385. The van der Waals surface area contributed by atoms with Gasteiger partial charge in [-0.2, -0.15) is 0 Å². The van der Waals surface area contributed by atoms with E-state index in [1.807, 2.05) is 24.3 Å². The summed E-state index contributed by atoms with van der Waals surface area (Å²) in [4.78, 5) is 1.76. The van der Waals surface area contributed by atoms with Crippen LogP contribution >= 0.6 is 28.1 Å². The van der Waals surface area contributed by atoms with Gasteiger partial charge in [-0.3, -0.25) is 0 Å². The predicted molar refractivity (Wildman–Crippen MR) is 76.1 cm³/mol. The lowest BCUT2D eigenvalue weighted by Crippen LogP contribution is -2.42. The summed E-state index contributed by atoms with van der Waals surface area (Å²) < 4.78 is 11.2. The molecule has 0 unspecified atom stereocenters. The van der Waals surface area contributed by atoms with Crippen molar-refractivity contribution in [3.05, 3.63) is 28.7 Å². The van der Waals surface area contributed by atoms with Crippen molar-refractivity contribution in [1.82, 2.24) is 0 Å². The molecule has 0 aliphatic heterocycles. The van der Waals surface area contributed by atoms with Gasteiger partial charge in [-0.15, -0.1) is 0 Å². The molecule has 0 spiro atoms. The first kappa shape index (κ1) is 14.4. The van der Waals surface area contributed by atoms with Crippen molar-refractivity contribution in [2.24, 2.45) is 5.73 Å². The fraction of sp³-hybridized carbons (Fsp3) is 0.364. The monoisotopic (exact) mass is 318 g/mol. The van der Waals surface area contributed by atoms with Crippen molar-refractivity contribution in [2.75, 3.05) is 25.7 Å². The summed E-state index contributed by atoms with van der Waals surface area (Å²) in [6.07, 6.45) is -0.379. The van der Waals surface area contributed by atoms with Crippen LogP contribution in [0.25, 0.3) is 0 Å². The summed E-state index contributed by atoms with van der Waals surface area (Å²) in [7, 11) is 3.15. The molecule has 0 heterocycles. The maximum Gasteiger partial charge on any atom is 0.174 e. The van der Waals surface area contributed by atoms with E-state index in [9.17, 15) is 0 Å². The molecule has 0 aromatic heterocycles. The zero-order chi connectivity index (χ0) is 12.8. The lowest BCUT2D eigenvalue weighted by molar-refractivity contribution is -0.0935. The number of methoxy groups -OCH3 is 2. The third-order valence-corrected chi connectivity index (χ3v) is 2.96. The van der Waals surface area contributed by atoms with E-state index in [0.29, 0.717) is 6.54 Å². The minimum atomic E-state index is -0.379. The van der Waals surface area contributed by atoms with Crippen LogP contribution < -0.4 is 10.6 Å². The molecule has 0 saturated carbocycles. The van der Waals surface area contributed by atoms with E-state index in [4.69, 9.17) is 27.4 Å². The number of nitrogens with two attached hydrogens (primary N) is 1. The average Bonchev–Trinajstić information content (AvgIpc) is 2.30. The zero-order valence-electron chi connectivity index (χ0n) is 9.72. The van der Waals surface area contributed by atoms with Crippen molar-refractivity contribution < 1.29 is 9.47 Å². The smallest absolute Gasteiger partial charge is 0.174 e. The molecule has 0 aliphatic rings. The van der Waals surface area contributed by atoms with E-state index in [1.165, 1.54) is 0 Å². The fourth-order valence-corrected chi connectivity index (χ4v) is 1.93. The molecule has 0 atom stereocenters. The molecule has 2 N–H and O–H groups in total. The number of ether oxygens (including phenoxy) is 2. The highest BCUT2D eigenvalue weighted by molar-refractivity contribution is 9.10. The Morgan fingerprint density at radius 3 is 2.59 bits per heavy atom. The Hall–Kier alpha value is -0.690. The molecule has 1 aromatic rings. The van der Waals surface area contributed by atoms with E-state index in [-0.39, 0.29) is 11.4 Å². The van der Waals surface area contributed by atoms with Gasteiger partial charge in [0.05, 0.1) is 6.54 Å². The number of benzene rings is 1. The molecular weight excluding hydrogens is 304 g/mol. The highest BCUT2D eigenvalue weighted by Crippen LogP contribution is 2.20. The Kier molecular flexibility index (Phi) is 5.84. The summed E-state index contributed by atoms with van der Waals surface area (Å²) in [5.41, 5.74) is 6.60. The summed E-state index contributed by atoms with van der Waals surface area (Å²) >= 11 is 8.44. The predicted octanol–water partition coefficient (Wildman–Crippen LogP) is 2.12. The third-order valence-electron chi connectivity index (χ3n) is 2.24. The van der Waals surface area contributed by atoms with Gasteiger partial charge in [0.15, 0.2) is 11.4 Å². The number of hydrogen-bond acceptors (Lipinski definition) is 3. The maximum absolute atomic E-state index is 5.71. The van der Waals surface area contributed by atoms with Gasteiger partial charge in [-0.25, -0.2) is 0 Å². The highest BCUT2D eigenvalue weighted by Gasteiger charge is 2.16. The summed E-state index contributed by atoms with van der Waals surface area (Å²) in [5.74, 6) is 0. The number of rotatable bonds is 5. The van der Waals surface area contributed by atoms with Crippen LogP contribution in [0.2, 0.25) is 0 Å². The van der Waals surface area contributed by atoms with Crippen LogP contribution in [0, 0.1) is 0 Å². The summed E-state index contributed by atoms with van der Waals surface area (Å²) in [6, 6.07) is 7.71. The van der Waals surface area contributed by atoms with E-state index in [2.05, 4.69) is 15.9 Å². The normalized spacial score (nSPS) is 10.6. The van der Waals surface area contributed by atoms with Crippen molar-refractivity contribution >= 4 is 38.9 Å². The summed E-state index contributed by atoms with van der Waals surface area (Å²) in [6.45, 7) is 0.443. The van der Waals surface area contributed by atoms with E-state index in [1.54, 1.807) is 19.1 Å². The highest BCUT2D eigenvalue weighted by atomic mass is 79.9. The Morgan fingerprint density at radius 2 is 2.12 bits per heavy atom. The molecule has 0 radical (unpaired) electrons. The lowest BCUT2D eigenvalue weighted by atomic mass is 10.3. The number of halogens is 1. The van der Waals surface area contributed by atoms with Crippen molar-refractivity contribution in [1.29, 1.82) is 0 Å². The topological polar surface area (TPSA) is 47.7 Å². The van der Waals surface area contributed by atoms with E-state index in [0.717, 1.165) is 10.2 Å². The molecule has 0 amide bonds. The van der Waals surface area contributed by atoms with Crippen LogP contribution in [0.5, 0.6) is 0 Å². The number of thiocarbonyl (C=S) groups is 1. The molecule has 17 heavy (non-hydrogen) atoms. The van der Waals surface area contributed by atoms with Gasteiger partial charge < -0.3 is 20.1 Å². The number of anilines is 1. The van der Waals surface area contributed by atoms with E-state index < -0.39 is 0 Å².